The molecule has 0 aliphatic carbocycles. The number of rotatable bonds is 11. The Kier molecular flexibility index (Phi) is 9.57. The van der Waals surface area contributed by atoms with E-state index in [2.05, 4.69) is 27.0 Å². The third kappa shape index (κ3) is 7.20. The number of nitrogens with one attached hydrogen (secondary N) is 2. The lowest BCUT2D eigenvalue weighted by Gasteiger charge is -2.34. The molecule has 1 aromatic carbocycles. The predicted octanol–water partition coefficient (Wildman–Crippen LogP) is 2.88. The van der Waals surface area contributed by atoms with Gasteiger partial charge in [-0.2, -0.15) is 0 Å². The zero-order chi connectivity index (χ0) is 23.6. The summed E-state index contributed by atoms with van der Waals surface area (Å²) in [5.74, 6) is 1.57. The summed E-state index contributed by atoms with van der Waals surface area (Å²) in [6, 6.07) is 9.71. The van der Waals surface area contributed by atoms with Crippen LogP contribution in [0.1, 0.15) is 30.2 Å². The zero-order valence-corrected chi connectivity index (χ0v) is 20.6. The molecule has 7 nitrogen and oxygen atoms in total. The van der Waals surface area contributed by atoms with Crippen molar-refractivity contribution in [1.82, 2.24) is 15.5 Å². The molecule has 0 spiro atoms. The first-order valence-electron chi connectivity index (χ1n) is 11.5. The number of carbonyl (C=O) groups is 2. The van der Waals surface area contributed by atoms with Gasteiger partial charge in [-0.05, 0) is 74.8 Å². The third-order valence-electron chi connectivity index (χ3n) is 6.24. The molecule has 2 heterocycles. The highest BCUT2D eigenvalue weighted by Crippen LogP contribution is 2.27. The quantitative estimate of drug-likeness (QED) is 0.525. The summed E-state index contributed by atoms with van der Waals surface area (Å²) in [6.07, 6.45) is 3.16. The van der Waals surface area contributed by atoms with Gasteiger partial charge in [0, 0.05) is 23.9 Å². The number of thiophene rings is 1. The first kappa shape index (κ1) is 25.1. The smallest absolute Gasteiger partial charge is 0.237 e. The summed E-state index contributed by atoms with van der Waals surface area (Å²) in [5.41, 5.74) is 1.08. The summed E-state index contributed by atoms with van der Waals surface area (Å²) in [4.78, 5) is 28.6. The van der Waals surface area contributed by atoms with Gasteiger partial charge in [-0.3, -0.25) is 14.5 Å². The average molecular weight is 474 g/mol. The maximum Gasteiger partial charge on any atom is 0.237 e. The van der Waals surface area contributed by atoms with Crippen molar-refractivity contribution in [2.24, 2.45) is 5.92 Å². The number of hydrogen-bond acceptors (Lipinski definition) is 6. The topological polar surface area (TPSA) is 79.9 Å². The van der Waals surface area contributed by atoms with Crippen molar-refractivity contribution in [3.63, 3.8) is 0 Å². The van der Waals surface area contributed by atoms with Crippen LogP contribution in [0.2, 0.25) is 0 Å². The van der Waals surface area contributed by atoms with Gasteiger partial charge in [0.15, 0.2) is 11.5 Å². The SMILES string of the molecule is COc1ccc(CCNC(=O)C(C)N2CCC(C(=O)NCCc3cccs3)CC2)cc1OC. The predicted molar refractivity (Wildman–Crippen MR) is 131 cm³/mol. The fourth-order valence-corrected chi connectivity index (χ4v) is 4.85. The summed E-state index contributed by atoms with van der Waals surface area (Å²) in [6.45, 7) is 4.69. The molecule has 1 unspecified atom stereocenters. The maximum atomic E-state index is 12.6. The minimum absolute atomic E-state index is 0.0225. The standard InChI is InChI=1S/C25H35N3O4S/c1-18(24(29)26-12-8-19-6-7-22(31-2)23(17-19)32-3)28-14-10-20(11-15-28)25(30)27-13-9-21-5-4-16-33-21/h4-7,16-18,20H,8-15H2,1-3H3,(H,26,29)(H,27,30). The van der Waals surface area contributed by atoms with Gasteiger partial charge in [-0.1, -0.05) is 12.1 Å². The van der Waals surface area contributed by atoms with Gasteiger partial charge >= 0.3 is 0 Å². The lowest BCUT2D eigenvalue weighted by atomic mass is 9.95. The van der Waals surface area contributed by atoms with E-state index in [0.717, 1.165) is 37.9 Å². The lowest BCUT2D eigenvalue weighted by Crippen LogP contribution is -2.50. The highest BCUT2D eigenvalue weighted by atomic mass is 32.1. The van der Waals surface area contributed by atoms with E-state index in [-0.39, 0.29) is 23.8 Å². The van der Waals surface area contributed by atoms with Crippen molar-refractivity contribution in [1.29, 1.82) is 0 Å². The molecule has 2 amide bonds. The molecule has 2 aromatic rings. The van der Waals surface area contributed by atoms with E-state index in [9.17, 15) is 9.59 Å². The van der Waals surface area contributed by atoms with Gasteiger partial charge in [-0.25, -0.2) is 0 Å². The Morgan fingerprint density at radius 3 is 2.45 bits per heavy atom. The number of ether oxygens (including phenoxy) is 2. The molecule has 2 N–H and O–H groups in total. The highest BCUT2D eigenvalue weighted by Gasteiger charge is 2.29. The Morgan fingerprint density at radius 1 is 1.06 bits per heavy atom. The van der Waals surface area contributed by atoms with Crippen molar-refractivity contribution in [2.75, 3.05) is 40.4 Å². The van der Waals surface area contributed by atoms with Crippen LogP contribution in [-0.4, -0.2) is 63.2 Å². The minimum atomic E-state index is -0.210. The first-order chi connectivity index (χ1) is 16.0. The van der Waals surface area contributed by atoms with Gasteiger partial charge in [-0.15, -0.1) is 11.3 Å². The monoisotopic (exact) mass is 473 g/mol. The van der Waals surface area contributed by atoms with E-state index in [0.29, 0.717) is 31.0 Å². The highest BCUT2D eigenvalue weighted by molar-refractivity contribution is 7.09. The van der Waals surface area contributed by atoms with Crippen molar-refractivity contribution < 1.29 is 19.1 Å². The molecule has 0 bridgehead atoms. The Hall–Kier alpha value is -2.58. The second-order valence-corrected chi connectivity index (χ2v) is 9.37. The Labute approximate surface area is 200 Å². The Morgan fingerprint density at radius 2 is 1.79 bits per heavy atom. The Balaban J connectivity index is 1.36. The first-order valence-corrected chi connectivity index (χ1v) is 12.4. The van der Waals surface area contributed by atoms with E-state index < -0.39 is 0 Å². The number of carbonyl (C=O) groups excluding carboxylic acids is 2. The molecule has 3 rings (SSSR count). The summed E-state index contributed by atoms with van der Waals surface area (Å²) in [7, 11) is 3.23. The van der Waals surface area contributed by atoms with Crippen LogP contribution in [0.5, 0.6) is 11.5 Å². The van der Waals surface area contributed by atoms with Gasteiger partial charge in [0.25, 0.3) is 0 Å². The molecule has 180 valence electrons. The normalized spacial score (nSPS) is 15.6. The summed E-state index contributed by atoms with van der Waals surface area (Å²) in [5, 5.41) is 8.16. The van der Waals surface area contributed by atoms with Gasteiger partial charge in [0.2, 0.25) is 11.8 Å². The van der Waals surface area contributed by atoms with Crippen molar-refractivity contribution in [3.05, 3.63) is 46.2 Å². The molecule has 1 saturated heterocycles. The van der Waals surface area contributed by atoms with Gasteiger partial charge in [0.05, 0.1) is 20.3 Å². The van der Waals surface area contributed by atoms with E-state index in [1.165, 1.54) is 4.88 Å². The Bertz CT molecular complexity index is 895. The number of nitrogens with zero attached hydrogens (tertiary/aromatic N) is 1. The molecule has 33 heavy (non-hydrogen) atoms. The van der Waals surface area contributed by atoms with Crippen LogP contribution in [-0.2, 0) is 22.4 Å². The largest absolute Gasteiger partial charge is 0.493 e. The van der Waals surface area contributed by atoms with Crippen LogP contribution in [0.3, 0.4) is 0 Å². The molecule has 1 aliphatic rings. The summed E-state index contributed by atoms with van der Waals surface area (Å²) >= 11 is 1.72. The minimum Gasteiger partial charge on any atom is -0.493 e. The number of likely N-dealkylation sites (tertiary alicyclic amines) is 1. The fraction of sp³-hybridized carbons (Fsp3) is 0.520. The fourth-order valence-electron chi connectivity index (χ4n) is 4.14. The van der Waals surface area contributed by atoms with Crippen LogP contribution < -0.4 is 20.1 Å². The van der Waals surface area contributed by atoms with Crippen LogP contribution >= 0.6 is 11.3 Å². The number of methoxy groups -OCH3 is 2. The molecular formula is C25H35N3O4S. The summed E-state index contributed by atoms with van der Waals surface area (Å²) < 4.78 is 10.6. The van der Waals surface area contributed by atoms with E-state index in [4.69, 9.17) is 9.47 Å². The number of benzene rings is 1. The molecule has 0 saturated carbocycles. The van der Waals surface area contributed by atoms with Crippen molar-refractivity contribution in [2.45, 2.75) is 38.6 Å². The van der Waals surface area contributed by atoms with Crippen molar-refractivity contribution in [3.8, 4) is 11.5 Å². The average Bonchev–Trinajstić information content (AvgIpc) is 3.37. The molecule has 8 heteroatoms. The van der Waals surface area contributed by atoms with Gasteiger partial charge in [0.1, 0.15) is 0 Å². The molecule has 1 atom stereocenters. The van der Waals surface area contributed by atoms with E-state index in [1.807, 2.05) is 31.2 Å². The van der Waals surface area contributed by atoms with E-state index >= 15 is 0 Å². The van der Waals surface area contributed by atoms with Crippen molar-refractivity contribution >= 4 is 23.2 Å². The van der Waals surface area contributed by atoms with Crippen LogP contribution in [0.25, 0.3) is 0 Å². The molecule has 0 radical (unpaired) electrons. The third-order valence-corrected chi connectivity index (χ3v) is 7.18. The van der Waals surface area contributed by atoms with Crippen LogP contribution in [0.15, 0.2) is 35.7 Å². The van der Waals surface area contributed by atoms with Crippen LogP contribution in [0.4, 0.5) is 0 Å². The maximum absolute atomic E-state index is 12.6. The molecule has 1 fully saturated rings. The zero-order valence-electron chi connectivity index (χ0n) is 19.8. The van der Waals surface area contributed by atoms with E-state index in [1.54, 1.807) is 25.6 Å². The number of amides is 2. The molecular weight excluding hydrogens is 438 g/mol. The van der Waals surface area contributed by atoms with Crippen LogP contribution in [0, 0.1) is 5.92 Å². The second-order valence-electron chi connectivity index (χ2n) is 8.34. The molecule has 1 aliphatic heterocycles. The second kappa shape index (κ2) is 12.6. The lowest BCUT2D eigenvalue weighted by molar-refractivity contribution is -0.128. The van der Waals surface area contributed by atoms with Gasteiger partial charge < -0.3 is 20.1 Å². The number of piperidine rings is 1. The molecule has 1 aromatic heterocycles. The number of hydrogen-bond donors (Lipinski definition) is 2.